The minimum Gasteiger partial charge on any atom is -0.345 e. The van der Waals surface area contributed by atoms with E-state index in [0.29, 0.717) is 29.1 Å². The number of hydrogen-bond acceptors (Lipinski definition) is 4. The van der Waals surface area contributed by atoms with E-state index in [1.54, 1.807) is 6.07 Å². The van der Waals surface area contributed by atoms with Gasteiger partial charge in [0, 0.05) is 25.5 Å². The molecule has 0 amide bonds. The number of likely N-dealkylation sites (N-methyl/N-ethyl adjacent to an activating group) is 1. The summed E-state index contributed by atoms with van der Waals surface area (Å²) in [5, 5.41) is 3.82. The highest BCUT2D eigenvalue weighted by atomic mass is 35.5. The Hall–Kier alpha value is -1.15. The number of rotatable bonds is 6. The summed E-state index contributed by atoms with van der Waals surface area (Å²) in [5.74, 6) is 0. The largest absolute Gasteiger partial charge is 0.345 e. The average molecular weight is 303 g/mol. The summed E-state index contributed by atoms with van der Waals surface area (Å²) in [4.78, 5) is 6.97. The summed E-state index contributed by atoms with van der Waals surface area (Å²) in [6.07, 6.45) is 2.93. The van der Waals surface area contributed by atoms with E-state index >= 15 is 0 Å². The summed E-state index contributed by atoms with van der Waals surface area (Å²) in [5.41, 5.74) is 0.458. The normalized spacial score (nSPS) is 12.1. The van der Waals surface area contributed by atoms with Crippen LogP contribution in [0.5, 0.6) is 0 Å². The Bertz CT molecular complexity index is 668. The van der Waals surface area contributed by atoms with Crippen molar-refractivity contribution in [3.05, 3.63) is 23.5 Å². The lowest BCUT2D eigenvalue weighted by molar-refractivity contribution is 0.578. The lowest BCUT2D eigenvalue weighted by Crippen LogP contribution is -2.31. The van der Waals surface area contributed by atoms with Gasteiger partial charge in [0.15, 0.2) is 0 Å². The molecule has 0 aliphatic heterocycles. The zero-order chi connectivity index (χ0) is 13.9. The summed E-state index contributed by atoms with van der Waals surface area (Å²) >= 11 is 6.03. The van der Waals surface area contributed by atoms with Crippen LogP contribution in [0.2, 0.25) is 5.02 Å². The number of sulfonamides is 1. The lowest BCUT2D eigenvalue weighted by atomic mass is 10.3. The van der Waals surface area contributed by atoms with Gasteiger partial charge < -0.3 is 10.3 Å². The minimum atomic E-state index is -3.59. The fourth-order valence-electron chi connectivity index (χ4n) is 1.73. The molecule has 3 N–H and O–H groups in total. The van der Waals surface area contributed by atoms with Crippen LogP contribution in [0.1, 0.15) is 6.92 Å². The van der Waals surface area contributed by atoms with Crippen LogP contribution >= 0.6 is 11.6 Å². The van der Waals surface area contributed by atoms with Crippen LogP contribution < -0.4 is 10.0 Å². The first-order valence-electron chi connectivity index (χ1n) is 5.88. The molecule has 0 saturated heterocycles. The smallest absolute Gasteiger partial charge is 0.242 e. The molecule has 0 aromatic carbocycles. The Kier molecular flexibility index (Phi) is 4.41. The van der Waals surface area contributed by atoms with Gasteiger partial charge in [-0.05, 0) is 12.6 Å². The van der Waals surface area contributed by atoms with Crippen LogP contribution in [0.15, 0.2) is 23.4 Å². The highest BCUT2D eigenvalue weighted by molar-refractivity contribution is 7.89. The van der Waals surface area contributed by atoms with E-state index in [2.05, 4.69) is 20.0 Å². The number of H-pyrrole nitrogens is 1. The van der Waals surface area contributed by atoms with Crippen LogP contribution in [-0.4, -0.2) is 38.0 Å². The van der Waals surface area contributed by atoms with Gasteiger partial charge >= 0.3 is 0 Å². The standard InChI is InChI=1S/C11H15ClN4O2S/c1-2-13-5-6-16-19(17,18)9-7-15-11-10(9)8(12)3-4-14-11/h3-4,7,13,16H,2,5-6H2,1H3,(H,14,15). The Labute approximate surface area is 116 Å². The van der Waals surface area contributed by atoms with Gasteiger partial charge in [0.05, 0.1) is 10.4 Å². The summed E-state index contributed by atoms with van der Waals surface area (Å²) in [6.45, 7) is 3.65. The van der Waals surface area contributed by atoms with Crippen molar-refractivity contribution in [3.8, 4) is 0 Å². The van der Waals surface area contributed by atoms with Crippen molar-refractivity contribution in [1.29, 1.82) is 0 Å². The zero-order valence-electron chi connectivity index (χ0n) is 10.4. The van der Waals surface area contributed by atoms with Crippen LogP contribution in [0.4, 0.5) is 0 Å². The first-order chi connectivity index (χ1) is 9.06. The Balaban J connectivity index is 2.28. The van der Waals surface area contributed by atoms with Crippen LogP contribution in [0.25, 0.3) is 11.0 Å². The summed E-state index contributed by atoms with van der Waals surface area (Å²) in [7, 11) is -3.59. The summed E-state index contributed by atoms with van der Waals surface area (Å²) < 4.78 is 26.9. The Morgan fingerprint density at radius 1 is 1.42 bits per heavy atom. The number of hydrogen-bond donors (Lipinski definition) is 3. The maximum absolute atomic E-state index is 12.2. The molecule has 104 valence electrons. The molecule has 19 heavy (non-hydrogen) atoms. The van der Waals surface area contributed by atoms with E-state index in [4.69, 9.17) is 11.6 Å². The molecule has 0 atom stereocenters. The van der Waals surface area contributed by atoms with Gasteiger partial charge in [0.1, 0.15) is 10.5 Å². The Morgan fingerprint density at radius 2 is 2.21 bits per heavy atom. The number of aromatic amines is 1. The topological polar surface area (TPSA) is 86.9 Å². The van der Waals surface area contributed by atoms with Crippen molar-refractivity contribution in [1.82, 2.24) is 20.0 Å². The first kappa shape index (κ1) is 14.3. The number of halogens is 1. The fourth-order valence-corrected chi connectivity index (χ4v) is 3.25. The zero-order valence-corrected chi connectivity index (χ0v) is 12.0. The van der Waals surface area contributed by atoms with Crippen molar-refractivity contribution in [2.24, 2.45) is 0 Å². The number of nitrogens with zero attached hydrogens (tertiary/aromatic N) is 1. The SMILES string of the molecule is CCNCCNS(=O)(=O)c1c[nH]c2nccc(Cl)c12. The third kappa shape index (κ3) is 3.06. The molecular formula is C11H15ClN4O2S. The lowest BCUT2D eigenvalue weighted by Gasteiger charge is -2.06. The molecule has 2 rings (SSSR count). The number of nitrogens with one attached hydrogen (secondary N) is 3. The monoisotopic (exact) mass is 302 g/mol. The second-order valence-electron chi connectivity index (χ2n) is 3.92. The molecule has 8 heteroatoms. The van der Waals surface area contributed by atoms with Crippen LogP contribution in [-0.2, 0) is 10.0 Å². The predicted octanol–water partition coefficient (Wildman–Crippen LogP) is 1.10. The van der Waals surface area contributed by atoms with Crippen molar-refractivity contribution in [2.75, 3.05) is 19.6 Å². The highest BCUT2D eigenvalue weighted by Gasteiger charge is 2.20. The second-order valence-corrected chi connectivity index (χ2v) is 6.06. The first-order valence-corrected chi connectivity index (χ1v) is 7.74. The highest BCUT2D eigenvalue weighted by Crippen LogP contribution is 2.27. The maximum atomic E-state index is 12.2. The van der Waals surface area contributed by atoms with Crippen molar-refractivity contribution in [2.45, 2.75) is 11.8 Å². The molecule has 0 aliphatic rings. The molecule has 2 aromatic heterocycles. The number of fused-ring (bicyclic) bond motifs is 1. The Morgan fingerprint density at radius 3 is 2.95 bits per heavy atom. The third-order valence-electron chi connectivity index (χ3n) is 2.62. The van der Waals surface area contributed by atoms with Gasteiger partial charge in [-0.15, -0.1) is 0 Å². The quantitative estimate of drug-likeness (QED) is 0.698. The van der Waals surface area contributed by atoms with Gasteiger partial charge in [-0.25, -0.2) is 18.1 Å². The van der Waals surface area contributed by atoms with Gasteiger partial charge in [-0.1, -0.05) is 18.5 Å². The van der Waals surface area contributed by atoms with E-state index in [1.807, 2.05) is 6.92 Å². The average Bonchev–Trinajstić information content (AvgIpc) is 2.81. The molecule has 0 fully saturated rings. The molecule has 2 heterocycles. The van der Waals surface area contributed by atoms with E-state index in [-0.39, 0.29) is 4.90 Å². The van der Waals surface area contributed by atoms with Gasteiger partial charge in [0.2, 0.25) is 10.0 Å². The van der Waals surface area contributed by atoms with Crippen molar-refractivity contribution >= 4 is 32.7 Å². The summed E-state index contributed by atoms with van der Waals surface area (Å²) in [6, 6.07) is 1.56. The van der Waals surface area contributed by atoms with Crippen molar-refractivity contribution in [3.63, 3.8) is 0 Å². The van der Waals surface area contributed by atoms with Crippen molar-refractivity contribution < 1.29 is 8.42 Å². The van der Waals surface area contributed by atoms with Crippen LogP contribution in [0.3, 0.4) is 0 Å². The van der Waals surface area contributed by atoms with E-state index in [9.17, 15) is 8.42 Å². The molecule has 0 bridgehead atoms. The third-order valence-corrected chi connectivity index (χ3v) is 4.42. The second kappa shape index (κ2) is 5.87. The molecule has 0 radical (unpaired) electrons. The number of pyridine rings is 1. The predicted molar refractivity (Wildman–Crippen MR) is 74.8 cm³/mol. The van der Waals surface area contributed by atoms with Crippen LogP contribution in [0, 0.1) is 0 Å². The molecule has 0 unspecified atom stereocenters. The molecule has 0 aliphatic carbocycles. The molecular weight excluding hydrogens is 288 g/mol. The fraction of sp³-hybridized carbons (Fsp3) is 0.364. The van der Waals surface area contributed by atoms with E-state index in [1.165, 1.54) is 12.4 Å². The molecule has 2 aromatic rings. The molecule has 0 spiro atoms. The molecule has 0 saturated carbocycles. The minimum absolute atomic E-state index is 0.122. The van der Waals surface area contributed by atoms with Gasteiger partial charge in [0.25, 0.3) is 0 Å². The van der Waals surface area contributed by atoms with E-state index < -0.39 is 10.0 Å². The maximum Gasteiger partial charge on any atom is 0.242 e. The number of aromatic nitrogens is 2. The molecule has 6 nitrogen and oxygen atoms in total. The van der Waals surface area contributed by atoms with Gasteiger partial charge in [-0.2, -0.15) is 0 Å². The van der Waals surface area contributed by atoms with Gasteiger partial charge in [-0.3, -0.25) is 0 Å². The van der Waals surface area contributed by atoms with E-state index in [0.717, 1.165) is 6.54 Å².